The first kappa shape index (κ1) is 21.9. The van der Waals surface area contributed by atoms with Gasteiger partial charge in [-0.1, -0.05) is 19.3 Å². The Morgan fingerprint density at radius 3 is 2.13 bits per heavy atom. The second-order valence-electron chi connectivity index (χ2n) is 7.06. The molecule has 1 heterocycles. The van der Waals surface area contributed by atoms with Crippen LogP contribution in [0.1, 0.15) is 52.8 Å². The molecule has 0 spiro atoms. The largest absolute Gasteiger partial charge is 0.465 e. The Hall–Kier alpha value is -3.76. The third-order valence-corrected chi connectivity index (χ3v) is 4.99. The van der Waals surface area contributed by atoms with Crippen molar-refractivity contribution in [3.05, 3.63) is 45.8 Å². The number of hydrogen-bond donors (Lipinski definition) is 2. The van der Waals surface area contributed by atoms with Crippen molar-refractivity contribution >= 4 is 34.9 Å². The van der Waals surface area contributed by atoms with Crippen LogP contribution in [-0.2, 0) is 9.47 Å². The lowest BCUT2D eigenvalue weighted by Gasteiger charge is -2.23. The monoisotopic (exact) mass is 429 g/mol. The fourth-order valence-electron chi connectivity index (χ4n) is 3.50. The fourth-order valence-corrected chi connectivity index (χ4v) is 3.50. The summed E-state index contributed by atoms with van der Waals surface area (Å²) in [5, 5.41) is 17.8. The van der Waals surface area contributed by atoms with Crippen LogP contribution in [0.3, 0.4) is 0 Å². The Morgan fingerprint density at radius 2 is 1.58 bits per heavy atom. The second-order valence-corrected chi connectivity index (χ2v) is 7.06. The number of nitrogens with zero attached hydrogens (tertiary/aromatic N) is 3. The van der Waals surface area contributed by atoms with Crippen LogP contribution < -0.4 is 10.6 Å². The standard InChI is InChI=1S/C20H23N5O6/c1-30-19(26)12-8-13(20(27)31-2)10-15(9-12)24-18-16(25(28)29)17(21-11-22-18)23-14-6-4-3-5-7-14/h8-11,14H,3-7H2,1-2H3,(H2,21,22,23,24). The number of benzene rings is 1. The molecule has 1 aliphatic rings. The molecule has 0 aliphatic heterocycles. The van der Waals surface area contributed by atoms with Crippen LogP contribution in [0.4, 0.5) is 23.0 Å². The van der Waals surface area contributed by atoms with Crippen molar-refractivity contribution in [1.82, 2.24) is 9.97 Å². The Balaban J connectivity index is 1.97. The number of nitrogens with one attached hydrogen (secondary N) is 2. The van der Waals surface area contributed by atoms with Crippen molar-refractivity contribution in [2.45, 2.75) is 38.1 Å². The highest BCUT2D eigenvalue weighted by Crippen LogP contribution is 2.33. The highest BCUT2D eigenvalue weighted by Gasteiger charge is 2.26. The van der Waals surface area contributed by atoms with E-state index in [9.17, 15) is 19.7 Å². The van der Waals surface area contributed by atoms with E-state index in [0.29, 0.717) is 0 Å². The summed E-state index contributed by atoms with van der Waals surface area (Å²) in [5.74, 6) is -1.31. The van der Waals surface area contributed by atoms with Gasteiger partial charge in [0.1, 0.15) is 6.33 Å². The highest BCUT2D eigenvalue weighted by atomic mass is 16.6. The van der Waals surface area contributed by atoms with Crippen LogP contribution >= 0.6 is 0 Å². The van der Waals surface area contributed by atoms with Gasteiger partial charge in [-0.25, -0.2) is 19.6 Å². The van der Waals surface area contributed by atoms with Gasteiger partial charge >= 0.3 is 17.6 Å². The Kier molecular flexibility index (Phi) is 6.96. The number of hydrogen-bond acceptors (Lipinski definition) is 10. The molecular formula is C20H23N5O6. The molecule has 1 aromatic heterocycles. The summed E-state index contributed by atoms with van der Waals surface area (Å²) in [4.78, 5) is 43.3. The number of methoxy groups -OCH3 is 2. The molecule has 164 valence electrons. The molecule has 1 saturated carbocycles. The third-order valence-electron chi connectivity index (χ3n) is 4.99. The topological polar surface area (TPSA) is 146 Å². The van der Waals surface area contributed by atoms with Gasteiger partial charge in [-0.15, -0.1) is 0 Å². The maximum absolute atomic E-state index is 12.0. The van der Waals surface area contributed by atoms with Gasteiger partial charge in [-0.3, -0.25) is 10.1 Å². The number of esters is 2. The number of anilines is 3. The number of nitro groups is 1. The molecular weight excluding hydrogens is 406 g/mol. The zero-order chi connectivity index (χ0) is 22.4. The molecule has 0 bridgehead atoms. The molecule has 0 amide bonds. The van der Waals surface area contributed by atoms with Crippen LogP contribution in [0.2, 0.25) is 0 Å². The average Bonchev–Trinajstić information content (AvgIpc) is 2.78. The Morgan fingerprint density at radius 1 is 1.00 bits per heavy atom. The zero-order valence-corrected chi connectivity index (χ0v) is 17.2. The van der Waals surface area contributed by atoms with E-state index in [0.717, 1.165) is 32.1 Å². The molecule has 0 saturated heterocycles. The SMILES string of the molecule is COC(=O)c1cc(Nc2ncnc(NC3CCCCC3)c2[N+](=O)[O-])cc(C(=O)OC)c1. The summed E-state index contributed by atoms with van der Waals surface area (Å²) in [6, 6.07) is 4.22. The third kappa shape index (κ3) is 5.24. The quantitative estimate of drug-likeness (QED) is 0.381. The van der Waals surface area contributed by atoms with Gasteiger partial charge in [0.25, 0.3) is 0 Å². The first-order chi connectivity index (χ1) is 14.9. The molecule has 11 heteroatoms. The minimum atomic E-state index is -0.675. The lowest BCUT2D eigenvalue weighted by molar-refractivity contribution is -0.383. The number of carbonyl (C=O) groups is 2. The maximum Gasteiger partial charge on any atom is 0.353 e. The van der Waals surface area contributed by atoms with E-state index < -0.39 is 16.9 Å². The second kappa shape index (κ2) is 9.83. The van der Waals surface area contributed by atoms with Gasteiger partial charge in [0.05, 0.1) is 30.3 Å². The summed E-state index contributed by atoms with van der Waals surface area (Å²) in [6.45, 7) is 0. The first-order valence-electron chi connectivity index (χ1n) is 9.77. The van der Waals surface area contributed by atoms with Crippen LogP contribution in [-0.4, -0.2) is 47.1 Å². The van der Waals surface area contributed by atoms with Crippen molar-refractivity contribution in [2.24, 2.45) is 0 Å². The zero-order valence-electron chi connectivity index (χ0n) is 17.2. The van der Waals surface area contributed by atoms with Crippen LogP contribution in [0.15, 0.2) is 24.5 Å². The molecule has 1 aromatic carbocycles. The number of aromatic nitrogens is 2. The normalized spacial score (nSPS) is 13.9. The first-order valence-corrected chi connectivity index (χ1v) is 9.77. The van der Waals surface area contributed by atoms with E-state index in [1.165, 1.54) is 38.7 Å². The summed E-state index contributed by atoms with van der Waals surface area (Å²) in [7, 11) is 2.41. The van der Waals surface area contributed by atoms with Gasteiger partial charge in [0.2, 0.25) is 11.6 Å². The molecule has 0 atom stereocenters. The van der Waals surface area contributed by atoms with Crippen molar-refractivity contribution in [1.29, 1.82) is 0 Å². The van der Waals surface area contributed by atoms with Gasteiger partial charge in [-0.2, -0.15) is 0 Å². The minimum Gasteiger partial charge on any atom is -0.465 e. The fraction of sp³-hybridized carbons (Fsp3) is 0.400. The highest BCUT2D eigenvalue weighted by molar-refractivity contribution is 5.97. The lowest BCUT2D eigenvalue weighted by atomic mass is 9.95. The minimum absolute atomic E-state index is 0.0730. The molecule has 0 unspecified atom stereocenters. The van der Waals surface area contributed by atoms with Gasteiger partial charge in [0.15, 0.2) is 0 Å². The number of rotatable bonds is 7. The van der Waals surface area contributed by atoms with Gasteiger partial charge < -0.3 is 20.1 Å². The van der Waals surface area contributed by atoms with E-state index in [-0.39, 0.29) is 40.2 Å². The van der Waals surface area contributed by atoms with Crippen LogP contribution in [0.25, 0.3) is 0 Å². The molecule has 11 nitrogen and oxygen atoms in total. The van der Waals surface area contributed by atoms with Crippen molar-refractivity contribution < 1.29 is 24.0 Å². The van der Waals surface area contributed by atoms with E-state index in [1.807, 2.05) is 0 Å². The summed E-state index contributed by atoms with van der Waals surface area (Å²) in [5.41, 5.74) is 0.0557. The van der Waals surface area contributed by atoms with E-state index in [4.69, 9.17) is 9.47 Å². The predicted molar refractivity (Wildman–Crippen MR) is 112 cm³/mol. The number of ether oxygens (including phenoxy) is 2. The molecule has 1 aliphatic carbocycles. The molecule has 2 aromatic rings. The van der Waals surface area contributed by atoms with E-state index >= 15 is 0 Å². The molecule has 0 radical (unpaired) electrons. The summed E-state index contributed by atoms with van der Waals surface area (Å²) < 4.78 is 9.43. The van der Waals surface area contributed by atoms with Crippen molar-refractivity contribution in [3.63, 3.8) is 0 Å². The van der Waals surface area contributed by atoms with Gasteiger partial charge in [-0.05, 0) is 31.0 Å². The van der Waals surface area contributed by atoms with Crippen LogP contribution in [0.5, 0.6) is 0 Å². The smallest absolute Gasteiger partial charge is 0.353 e. The molecule has 31 heavy (non-hydrogen) atoms. The maximum atomic E-state index is 12.0. The predicted octanol–water partition coefficient (Wildman–Crippen LogP) is 3.45. The summed E-state index contributed by atoms with van der Waals surface area (Å²) >= 11 is 0. The summed E-state index contributed by atoms with van der Waals surface area (Å²) in [6.07, 6.45) is 6.29. The average molecular weight is 429 g/mol. The lowest BCUT2D eigenvalue weighted by Crippen LogP contribution is -2.23. The number of carbonyl (C=O) groups excluding carboxylic acids is 2. The Labute approximate surface area is 178 Å². The molecule has 2 N–H and O–H groups in total. The van der Waals surface area contributed by atoms with E-state index in [2.05, 4.69) is 20.6 Å². The Bertz CT molecular complexity index is 956. The van der Waals surface area contributed by atoms with Gasteiger partial charge in [0, 0.05) is 11.7 Å². The van der Waals surface area contributed by atoms with Crippen molar-refractivity contribution in [3.8, 4) is 0 Å². The molecule has 3 rings (SSSR count). The van der Waals surface area contributed by atoms with Crippen molar-refractivity contribution in [2.75, 3.05) is 24.9 Å². The van der Waals surface area contributed by atoms with Crippen LogP contribution in [0, 0.1) is 10.1 Å². The van der Waals surface area contributed by atoms with E-state index in [1.54, 1.807) is 0 Å². The molecule has 1 fully saturated rings.